The molecular formula is C24H39F3O3. The molecule has 4 aliphatic rings. The van der Waals surface area contributed by atoms with E-state index in [9.17, 15) is 23.4 Å². The number of ether oxygens (including phenoxy) is 1. The van der Waals surface area contributed by atoms with Gasteiger partial charge in [-0.15, -0.1) is 0 Å². The molecule has 0 aliphatic heterocycles. The van der Waals surface area contributed by atoms with E-state index >= 15 is 0 Å². The van der Waals surface area contributed by atoms with Crippen LogP contribution in [0.4, 0.5) is 13.2 Å². The molecule has 0 amide bonds. The van der Waals surface area contributed by atoms with Crippen LogP contribution in [0.25, 0.3) is 0 Å². The molecule has 0 saturated heterocycles. The van der Waals surface area contributed by atoms with Crippen molar-refractivity contribution in [2.75, 3.05) is 13.7 Å². The lowest BCUT2D eigenvalue weighted by atomic mass is 9.48. The number of hydrogen-bond acceptors (Lipinski definition) is 3. The van der Waals surface area contributed by atoms with E-state index in [1.54, 1.807) is 7.11 Å². The first-order valence-electron chi connectivity index (χ1n) is 12.0. The molecule has 0 aromatic carbocycles. The third-order valence-electron chi connectivity index (χ3n) is 10.2. The summed E-state index contributed by atoms with van der Waals surface area (Å²) >= 11 is 0. The van der Waals surface area contributed by atoms with Gasteiger partial charge in [-0.2, -0.15) is 13.2 Å². The SMILES string of the molecule is COC[C@@H](O)[C@@H](C)[C@H]1CC[C@H]2[C@@H]3CC[C@@H]4C[C@@](O)(C(F)(F)F)CC[C@@H]4[C@H]3CC[C@]12C. The number of rotatable bonds is 4. The van der Waals surface area contributed by atoms with E-state index in [1.165, 1.54) is 6.42 Å². The summed E-state index contributed by atoms with van der Waals surface area (Å²) in [6.07, 6.45) is 1.65. The predicted molar refractivity (Wildman–Crippen MR) is 109 cm³/mol. The van der Waals surface area contributed by atoms with Crippen LogP contribution in [0.5, 0.6) is 0 Å². The minimum atomic E-state index is -4.52. The largest absolute Gasteiger partial charge is 0.417 e. The lowest BCUT2D eigenvalue weighted by Crippen LogP contribution is -2.55. The van der Waals surface area contributed by atoms with Crippen molar-refractivity contribution in [3.8, 4) is 0 Å². The highest BCUT2D eigenvalue weighted by Gasteiger charge is 2.62. The second kappa shape index (κ2) is 7.91. The Bertz CT molecular complexity index is 625. The van der Waals surface area contributed by atoms with E-state index in [0.29, 0.717) is 42.6 Å². The second-order valence-electron chi connectivity index (χ2n) is 11.3. The average Bonchev–Trinajstić information content (AvgIpc) is 3.03. The highest BCUT2D eigenvalue weighted by Crippen LogP contribution is 2.66. The molecule has 2 N–H and O–H groups in total. The number of halogens is 3. The Balaban J connectivity index is 1.48. The molecule has 4 aliphatic carbocycles. The highest BCUT2D eigenvalue weighted by atomic mass is 19.4. The van der Waals surface area contributed by atoms with Crippen LogP contribution in [0, 0.1) is 46.8 Å². The van der Waals surface area contributed by atoms with Crippen LogP contribution in [-0.2, 0) is 4.74 Å². The van der Waals surface area contributed by atoms with Crippen LogP contribution >= 0.6 is 0 Å². The highest BCUT2D eigenvalue weighted by molar-refractivity contribution is 5.08. The molecule has 6 heteroatoms. The van der Waals surface area contributed by atoms with Crippen LogP contribution in [-0.4, -0.2) is 41.8 Å². The fourth-order valence-electron chi connectivity index (χ4n) is 8.63. The van der Waals surface area contributed by atoms with Gasteiger partial charge in [0.05, 0.1) is 12.7 Å². The van der Waals surface area contributed by atoms with E-state index in [0.717, 1.165) is 32.1 Å². The summed E-state index contributed by atoms with van der Waals surface area (Å²) in [5, 5.41) is 20.8. The van der Waals surface area contributed by atoms with E-state index in [4.69, 9.17) is 4.74 Å². The lowest BCUT2D eigenvalue weighted by molar-refractivity contribution is -0.282. The number of fused-ring (bicyclic) bond motifs is 5. The maximum Gasteiger partial charge on any atom is 0.417 e. The summed E-state index contributed by atoms with van der Waals surface area (Å²) in [6, 6.07) is 0. The number of aliphatic hydroxyl groups is 2. The molecule has 4 rings (SSSR count). The molecule has 10 atom stereocenters. The van der Waals surface area contributed by atoms with Gasteiger partial charge in [0.1, 0.15) is 0 Å². The molecule has 0 aromatic heterocycles. The minimum absolute atomic E-state index is 0.00984. The van der Waals surface area contributed by atoms with Gasteiger partial charge in [0.15, 0.2) is 5.60 Å². The van der Waals surface area contributed by atoms with Crippen molar-refractivity contribution in [3.05, 3.63) is 0 Å². The monoisotopic (exact) mass is 432 g/mol. The lowest BCUT2D eigenvalue weighted by Gasteiger charge is -2.57. The van der Waals surface area contributed by atoms with Gasteiger partial charge in [-0.05, 0) is 105 Å². The van der Waals surface area contributed by atoms with Gasteiger partial charge in [-0.25, -0.2) is 0 Å². The third-order valence-corrected chi connectivity index (χ3v) is 10.2. The molecule has 0 heterocycles. The molecule has 3 nitrogen and oxygen atoms in total. The summed E-state index contributed by atoms with van der Waals surface area (Å²) in [6.45, 7) is 4.94. The molecule has 4 saturated carbocycles. The van der Waals surface area contributed by atoms with E-state index in [1.807, 2.05) is 0 Å². The van der Waals surface area contributed by atoms with Crippen LogP contribution in [0.2, 0.25) is 0 Å². The summed E-state index contributed by atoms with van der Waals surface area (Å²) in [7, 11) is 1.63. The second-order valence-corrected chi connectivity index (χ2v) is 11.3. The van der Waals surface area contributed by atoms with Crippen molar-refractivity contribution in [2.24, 2.45) is 46.8 Å². The predicted octanol–water partition coefficient (Wildman–Crippen LogP) is 5.19. The number of methoxy groups -OCH3 is 1. The summed E-state index contributed by atoms with van der Waals surface area (Å²) in [5.74, 6) is 2.75. The Kier molecular flexibility index (Phi) is 6.03. The Morgan fingerprint density at radius 2 is 1.70 bits per heavy atom. The van der Waals surface area contributed by atoms with Crippen molar-refractivity contribution < 1.29 is 28.1 Å². The van der Waals surface area contributed by atoms with Gasteiger partial charge in [0.25, 0.3) is 0 Å². The number of hydrogen-bond donors (Lipinski definition) is 2. The van der Waals surface area contributed by atoms with Crippen molar-refractivity contribution >= 4 is 0 Å². The van der Waals surface area contributed by atoms with Crippen molar-refractivity contribution in [2.45, 2.75) is 89.5 Å². The van der Waals surface area contributed by atoms with Crippen molar-refractivity contribution in [3.63, 3.8) is 0 Å². The summed E-state index contributed by atoms with van der Waals surface area (Å²) < 4.78 is 45.4. The zero-order chi connectivity index (χ0) is 21.9. The van der Waals surface area contributed by atoms with Crippen molar-refractivity contribution in [1.82, 2.24) is 0 Å². The Morgan fingerprint density at radius 1 is 1.00 bits per heavy atom. The standard InChI is InChI=1S/C24H39F3O3/c1-14(21(28)13-30-3)19-6-7-20-18-5-4-15-12-23(29,24(25,26)27)11-9-16(15)17(18)8-10-22(19,20)2/h14-21,28-29H,4-13H2,1-3H3/t14-,15+,16-,17+,18+,19+,20-,21+,22+,23+/m0/s1. The van der Waals surface area contributed by atoms with E-state index in [2.05, 4.69) is 13.8 Å². The zero-order valence-corrected chi connectivity index (χ0v) is 18.6. The Hall–Kier alpha value is -0.330. The van der Waals surface area contributed by atoms with Gasteiger partial charge in [-0.1, -0.05) is 13.8 Å². The van der Waals surface area contributed by atoms with Gasteiger partial charge in [-0.3, -0.25) is 0 Å². The third kappa shape index (κ3) is 3.53. The normalized spacial score (nSPS) is 48.4. The smallest absolute Gasteiger partial charge is 0.390 e. The molecule has 174 valence electrons. The van der Waals surface area contributed by atoms with Gasteiger partial charge in [0, 0.05) is 7.11 Å². The molecule has 0 aromatic rings. The average molecular weight is 433 g/mol. The molecule has 0 radical (unpaired) electrons. The van der Waals surface area contributed by atoms with Gasteiger partial charge in [0.2, 0.25) is 0 Å². The Labute approximate surface area is 178 Å². The first-order chi connectivity index (χ1) is 14.0. The maximum atomic E-state index is 13.4. The van der Waals surface area contributed by atoms with E-state index < -0.39 is 17.9 Å². The molecule has 0 spiro atoms. The molecule has 0 bridgehead atoms. The van der Waals surface area contributed by atoms with Crippen molar-refractivity contribution in [1.29, 1.82) is 0 Å². The van der Waals surface area contributed by atoms with Gasteiger partial charge < -0.3 is 14.9 Å². The zero-order valence-electron chi connectivity index (χ0n) is 18.6. The minimum Gasteiger partial charge on any atom is -0.390 e. The molecular weight excluding hydrogens is 393 g/mol. The van der Waals surface area contributed by atoms with Crippen LogP contribution in [0.1, 0.15) is 71.6 Å². The molecule has 30 heavy (non-hydrogen) atoms. The number of alkyl halides is 3. The van der Waals surface area contributed by atoms with Crippen LogP contribution in [0.15, 0.2) is 0 Å². The first kappa shape index (κ1) is 22.8. The summed E-state index contributed by atoms with van der Waals surface area (Å²) in [5.41, 5.74) is -2.26. The van der Waals surface area contributed by atoms with E-state index in [-0.39, 0.29) is 30.1 Å². The topological polar surface area (TPSA) is 49.7 Å². The quantitative estimate of drug-likeness (QED) is 0.643. The maximum absolute atomic E-state index is 13.4. The molecule has 0 unspecified atom stereocenters. The fourth-order valence-corrected chi connectivity index (χ4v) is 8.63. The van der Waals surface area contributed by atoms with Crippen LogP contribution < -0.4 is 0 Å². The summed E-state index contributed by atoms with van der Waals surface area (Å²) in [4.78, 5) is 0. The van der Waals surface area contributed by atoms with Crippen LogP contribution in [0.3, 0.4) is 0 Å². The number of aliphatic hydroxyl groups excluding tert-OH is 1. The Morgan fingerprint density at radius 3 is 2.37 bits per heavy atom. The first-order valence-corrected chi connectivity index (χ1v) is 12.0. The van der Waals surface area contributed by atoms with Gasteiger partial charge >= 0.3 is 6.18 Å². The molecule has 4 fully saturated rings. The fraction of sp³-hybridized carbons (Fsp3) is 1.00.